The fourth-order valence-corrected chi connectivity index (χ4v) is 5.81. The van der Waals surface area contributed by atoms with E-state index in [0.717, 1.165) is 24.0 Å². The Bertz CT molecular complexity index is 959. The summed E-state index contributed by atoms with van der Waals surface area (Å²) < 4.78 is 32.9. The molecule has 0 aromatic heterocycles. The molecule has 152 valence electrons. The van der Waals surface area contributed by atoms with E-state index in [0.29, 0.717) is 25.0 Å². The van der Waals surface area contributed by atoms with Gasteiger partial charge in [0.1, 0.15) is 0 Å². The van der Waals surface area contributed by atoms with Gasteiger partial charge in [-0.1, -0.05) is 6.92 Å². The van der Waals surface area contributed by atoms with Gasteiger partial charge in [-0.15, -0.1) is 0 Å². The topological polar surface area (TPSA) is 125 Å². The third kappa shape index (κ3) is 3.06. The Morgan fingerprint density at radius 2 is 1.96 bits per heavy atom. The minimum absolute atomic E-state index is 0.00647. The molecule has 0 radical (unpaired) electrons. The van der Waals surface area contributed by atoms with Crippen LogP contribution >= 0.6 is 0 Å². The second-order valence-corrected chi connectivity index (χ2v) is 9.38. The van der Waals surface area contributed by atoms with Gasteiger partial charge in [-0.25, -0.2) is 0 Å². The van der Waals surface area contributed by atoms with Crippen molar-refractivity contribution >= 4 is 22.1 Å². The Hall–Kier alpha value is -2.13. The van der Waals surface area contributed by atoms with Crippen LogP contribution in [-0.4, -0.2) is 27.3 Å². The number of rotatable bonds is 3. The molecule has 1 aromatic rings. The quantitative estimate of drug-likeness (QED) is 0.728. The summed E-state index contributed by atoms with van der Waals surface area (Å²) in [6.07, 6.45) is 3.44. The van der Waals surface area contributed by atoms with Crippen LogP contribution in [0.4, 0.5) is 0 Å². The number of ether oxygens (including phenoxy) is 1. The number of carbonyl (C=O) groups excluding carboxylic acids is 2. The molecule has 3 unspecified atom stereocenters. The predicted octanol–water partition coefficient (Wildman–Crippen LogP) is 1.39. The van der Waals surface area contributed by atoms with E-state index < -0.39 is 15.7 Å². The zero-order valence-electron chi connectivity index (χ0n) is 15.9. The van der Waals surface area contributed by atoms with E-state index in [1.165, 1.54) is 7.11 Å². The molecule has 1 saturated carbocycles. The van der Waals surface area contributed by atoms with E-state index in [4.69, 9.17) is 14.1 Å². The van der Waals surface area contributed by atoms with Crippen molar-refractivity contribution in [2.24, 2.45) is 22.4 Å². The van der Waals surface area contributed by atoms with Crippen molar-refractivity contribution in [2.45, 2.75) is 44.9 Å². The normalized spacial score (nSPS) is 31.9. The number of fused-ring (bicyclic) bond motifs is 5. The number of benzene rings is 1. The third-order valence-corrected chi connectivity index (χ3v) is 7.19. The minimum atomic E-state index is -4.16. The molecule has 1 aromatic carbocycles. The number of methoxy groups -OCH3 is 1. The summed E-state index contributed by atoms with van der Waals surface area (Å²) in [5.74, 6) is 0.441. The molecule has 4 atom stereocenters. The first-order valence-corrected chi connectivity index (χ1v) is 10.9. The van der Waals surface area contributed by atoms with Crippen molar-refractivity contribution in [2.75, 3.05) is 7.11 Å². The fraction of sp³-hybridized carbons (Fsp3) is 0.579. The highest BCUT2D eigenvalue weighted by atomic mass is 32.2. The van der Waals surface area contributed by atoms with Gasteiger partial charge in [0.2, 0.25) is 11.8 Å². The van der Waals surface area contributed by atoms with E-state index >= 15 is 0 Å². The number of nitrogens with one attached hydrogen (secondary N) is 1. The van der Waals surface area contributed by atoms with Gasteiger partial charge in [0.25, 0.3) is 0 Å². The number of imide groups is 1. The predicted molar refractivity (Wildman–Crippen MR) is 99.9 cm³/mol. The molecule has 1 saturated heterocycles. The third-order valence-electron chi connectivity index (χ3n) is 6.78. The van der Waals surface area contributed by atoms with E-state index in [-0.39, 0.29) is 35.3 Å². The molecule has 2 amide bonds. The van der Waals surface area contributed by atoms with Crippen LogP contribution in [0.5, 0.6) is 11.5 Å². The van der Waals surface area contributed by atoms with E-state index in [9.17, 15) is 18.0 Å². The smallest absolute Gasteiger partial charge is 0.380 e. The first-order valence-electron chi connectivity index (χ1n) is 9.39. The van der Waals surface area contributed by atoms with Crippen LogP contribution in [0.15, 0.2) is 12.1 Å². The summed E-state index contributed by atoms with van der Waals surface area (Å²) >= 11 is 0. The van der Waals surface area contributed by atoms with E-state index in [1.807, 2.05) is 13.0 Å². The van der Waals surface area contributed by atoms with Crippen LogP contribution in [0.2, 0.25) is 0 Å². The van der Waals surface area contributed by atoms with Crippen LogP contribution < -0.4 is 19.4 Å². The summed E-state index contributed by atoms with van der Waals surface area (Å²) in [5, 5.41) is 7.51. The number of piperidine rings is 1. The summed E-state index contributed by atoms with van der Waals surface area (Å²) in [5.41, 5.74) is 1.55. The van der Waals surface area contributed by atoms with Crippen molar-refractivity contribution in [1.29, 1.82) is 0 Å². The summed E-state index contributed by atoms with van der Waals surface area (Å²) in [4.78, 5) is 24.6. The number of hydrogen-bond donors (Lipinski definition) is 2. The van der Waals surface area contributed by atoms with Crippen molar-refractivity contribution in [3.05, 3.63) is 23.3 Å². The van der Waals surface area contributed by atoms with Gasteiger partial charge in [0.05, 0.1) is 12.5 Å². The molecule has 28 heavy (non-hydrogen) atoms. The molecule has 3 N–H and O–H groups in total. The Morgan fingerprint density at radius 1 is 1.21 bits per heavy atom. The van der Waals surface area contributed by atoms with Gasteiger partial charge in [-0.3, -0.25) is 14.9 Å². The largest absolute Gasteiger partial charge is 0.493 e. The summed E-state index contributed by atoms with van der Waals surface area (Å²) in [6.45, 7) is 1.97. The maximum atomic E-state index is 12.5. The van der Waals surface area contributed by atoms with Crippen LogP contribution in [0.1, 0.15) is 49.7 Å². The van der Waals surface area contributed by atoms with Crippen LogP contribution in [0, 0.1) is 17.3 Å². The molecular formula is C19H24N2O6S. The first kappa shape index (κ1) is 19.2. The lowest BCUT2D eigenvalue weighted by Crippen LogP contribution is -2.57. The first-order chi connectivity index (χ1) is 13.1. The fourth-order valence-electron chi connectivity index (χ4n) is 5.43. The highest BCUT2D eigenvalue weighted by Gasteiger charge is 2.55. The standard InChI is InChI=1S/C19H24N2O6S/c1-19-6-5-11-12(14(19)9-17(22)21-18(19)23)4-3-10-7-16(27-28(20,24)25)15(26-2)8-13(10)11/h7-8,11-12,14H,3-6,9H2,1-2H3,(H2,20,24,25)(H,21,22,23)/t11?,12?,14?,19-/m0/s1. The van der Waals surface area contributed by atoms with Crippen LogP contribution in [0.25, 0.3) is 0 Å². The maximum absolute atomic E-state index is 12.5. The lowest BCUT2D eigenvalue weighted by atomic mass is 9.52. The lowest BCUT2D eigenvalue weighted by Gasteiger charge is -2.52. The molecule has 9 heteroatoms. The van der Waals surface area contributed by atoms with Gasteiger partial charge in [-0.2, -0.15) is 13.6 Å². The lowest BCUT2D eigenvalue weighted by molar-refractivity contribution is -0.151. The van der Waals surface area contributed by atoms with E-state index in [1.54, 1.807) is 6.07 Å². The van der Waals surface area contributed by atoms with Gasteiger partial charge in [0, 0.05) is 6.42 Å². The molecule has 3 aliphatic rings. The summed E-state index contributed by atoms with van der Waals surface area (Å²) in [7, 11) is -2.71. The highest BCUT2D eigenvalue weighted by Crippen LogP contribution is 2.57. The second-order valence-electron chi connectivity index (χ2n) is 8.23. The molecular weight excluding hydrogens is 384 g/mol. The molecule has 1 heterocycles. The van der Waals surface area contributed by atoms with Crippen molar-refractivity contribution in [3.63, 3.8) is 0 Å². The van der Waals surface area contributed by atoms with Gasteiger partial charge in [0.15, 0.2) is 11.5 Å². The van der Waals surface area contributed by atoms with Gasteiger partial charge >= 0.3 is 10.3 Å². The maximum Gasteiger partial charge on any atom is 0.380 e. The van der Waals surface area contributed by atoms with E-state index in [2.05, 4.69) is 5.32 Å². The Labute approximate surface area is 164 Å². The number of carbonyl (C=O) groups is 2. The average molecular weight is 408 g/mol. The van der Waals surface area contributed by atoms with Crippen LogP contribution in [0.3, 0.4) is 0 Å². The zero-order chi connectivity index (χ0) is 20.3. The molecule has 4 rings (SSSR count). The van der Waals surface area contributed by atoms with Crippen LogP contribution in [-0.2, 0) is 26.3 Å². The Morgan fingerprint density at radius 3 is 2.64 bits per heavy atom. The Balaban J connectivity index is 1.72. The monoisotopic (exact) mass is 408 g/mol. The molecule has 0 spiro atoms. The van der Waals surface area contributed by atoms with Crippen molar-refractivity contribution in [3.8, 4) is 11.5 Å². The molecule has 1 aliphatic heterocycles. The number of aryl methyl sites for hydroxylation is 1. The molecule has 2 fully saturated rings. The molecule has 2 aliphatic carbocycles. The Kier molecular flexibility index (Phi) is 4.42. The SMILES string of the molecule is COc1cc2c(cc1OS(N)(=O)=O)CCC1C2CC[C@]2(C)C(=O)NC(=O)CC12. The summed E-state index contributed by atoms with van der Waals surface area (Å²) in [6, 6.07) is 3.50. The van der Waals surface area contributed by atoms with Gasteiger partial charge in [-0.05, 0) is 66.7 Å². The van der Waals surface area contributed by atoms with Crippen molar-refractivity contribution < 1.29 is 26.9 Å². The minimum Gasteiger partial charge on any atom is -0.493 e. The number of amides is 2. The number of nitrogens with two attached hydrogens (primary N) is 1. The second kappa shape index (κ2) is 6.45. The van der Waals surface area contributed by atoms with Crippen molar-refractivity contribution in [1.82, 2.24) is 5.32 Å². The molecule has 8 nitrogen and oxygen atoms in total. The zero-order valence-corrected chi connectivity index (χ0v) is 16.7. The average Bonchev–Trinajstić information content (AvgIpc) is 2.60. The molecule has 0 bridgehead atoms. The number of hydrogen-bond acceptors (Lipinski definition) is 6. The van der Waals surface area contributed by atoms with Gasteiger partial charge < -0.3 is 8.92 Å². The highest BCUT2D eigenvalue weighted by molar-refractivity contribution is 7.84.